The molecule has 3 aliphatic heterocycles. The highest BCUT2D eigenvalue weighted by atomic mass is 16.5. The molecule has 0 spiro atoms. The van der Waals surface area contributed by atoms with Crippen LogP contribution in [0.15, 0.2) is 4.99 Å². The zero-order chi connectivity index (χ0) is 11.9. The van der Waals surface area contributed by atoms with Crippen molar-refractivity contribution >= 4 is 5.84 Å². The Balaban J connectivity index is 0.000000128. The third-order valence-corrected chi connectivity index (χ3v) is 3.62. The summed E-state index contributed by atoms with van der Waals surface area (Å²) in [6, 6.07) is 0. The molecule has 0 bridgehead atoms. The van der Waals surface area contributed by atoms with E-state index in [0.29, 0.717) is 0 Å². The van der Waals surface area contributed by atoms with Crippen LogP contribution in [0.5, 0.6) is 0 Å². The third kappa shape index (κ3) is 3.96. The molecule has 0 aliphatic carbocycles. The SMILES string of the molecule is C1CN=C2CCCN2C1.CCN1CCOCC1. The molecule has 0 N–H and O–H groups in total. The minimum atomic E-state index is 0.924. The summed E-state index contributed by atoms with van der Waals surface area (Å²) in [7, 11) is 0. The average Bonchev–Trinajstić information content (AvgIpc) is 2.89. The van der Waals surface area contributed by atoms with Gasteiger partial charge in [0.2, 0.25) is 0 Å². The lowest BCUT2D eigenvalue weighted by Gasteiger charge is -2.24. The fraction of sp³-hybridized carbons (Fsp3) is 0.923. The smallest absolute Gasteiger partial charge is 0.0989 e. The van der Waals surface area contributed by atoms with Crippen LogP contribution in [0.2, 0.25) is 0 Å². The second kappa shape index (κ2) is 6.97. The van der Waals surface area contributed by atoms with Gasteiger partial charge < -0.3 is 9.64 Å². The molecule has 3 aliphatic rings. The maximum absolute atomic E-state index is 5.16. The number of rotatable bonds is 1. The van der Waals surface area contributed by atoms with E-state index in [4.69, 9.17) is 4.74 Å². The van der Waals surface area contributed by atoms with Crippen molar-refractivity contribution in [2.24, 2.45) is 4.99 Å². The van der Waals surface area contributed by atoms with Crippen LogP contribution in [0.3, 0.4) is 0 Å². The van der Waals surface area contributed by atoms with Crippen LogP contribution in [-0.2, 0) is 4.74 Å². The van der Waals surface area contributed by atoms with Crippen LogP contribution in [-0.4, -0.2) is 68.1 Å². The molecule has 98 valence electrons. The molecular weight excluding hydrogens is 214 g/mol. The van der Waals surface area contributed by atoms with E-state index in [-0.39, 0.29) is 0 Å². The van der Waals surface area contributed by atoms with E-state index in [0.717, 1.165) is 32.8 Å². The summed E-state index contributed by atoms with van der Waals surface area (Å²) in [6.07, 6.45) is 3.84. The second-order valence-electron chi connectivity index (χ2n) is 4.79. The predicted octanol–water partition coefficient (Wildman–Crippen LogP) is 1.22. The van der Waals surface area contributed by atoms with Gasteiger partial charge in [0.15, 0.2) is 0 Å². The number of fused-ring (bicyclic) bond motifs is 1. The lowest BCUT2D eigenvalue weighted by molar-refractivity contribution is 0.0405. The van der Waals surface area contributed by atoms with Crippen molar-refractivity contribution in [3.63, 3.8) is 0 Å². The highest BCUT2D eigenvalue weighted by Crippen LogP contribution is 2.14. The molecule has 0 aromatic rings. The molecule has 0 unspecified atom stereocenters. The van der Waals surface area contributed by atoms with Crippen molar-refractivity contribution in [2.75, 3.05) is 52.5 Å². The first-order valence-corrected chi connectivity index (χ1v) is 6.98. The summed E-state index contributed by atoms with van der Waals surface area (Å²) in [5.74, 6) is 1.38. The summed E-state index contributed by atoms with van der Waals surface area (Å²) in [4.78, 5) is 9.25. The lowest BCUT2D eigenvalue weighted by Crippen LogP contribution is -2.35. The number of ether oxygens (including phenoxy) is 1. The van der Waals surface area contributed by atoms with E-state index >= 15 is 0 Å². The summed E-state index contributed by atoms with van der Waals surface area (Å²) in [6.45, 7) is 11.0. The number of morpholine rings is 1. The van der Waals surface area contributed by atoms with Gasteiger partial charge in [-0.25, -0.2) is 0 Å². The van der Waals surface area contributed by atoms with Crippen LogP contribution in [0.4, 0.5) is 0 Å². The molecule has 0 amide bonds. The molecule has 0 aromatic heterocycles. The molecular formula is C13H25N3O. The molecule has 17 heavy (non-hydrogen) atoms. The van der Waals surface area contributed by atoms with Gasteiger partial charge in [0.05, 0.1) is 19.0 Å². The third-order valence-electron chi connectivity index (χ3n) is 3.62. The molecule has 0 atom stereocenters. The first kappa shape index (κ1) is 12.8. The van der Waals surface area contributed by atoms with E-state index in [2.05, 4.69) is 21.7 Å². The van der Waals surface area contributed by atoms with E-state index in [1.807, 2.05) is 0 Å². The van der Waals surface area contributed by atoms with Crippen LogP contribution in [0.25, 0.3) is 0 Å². The Morgan fingerprint density at radius 2 is 1.88 bits per heavy atom. The summed E-state index contributed by atoms with van der Waals surface area (Å²) >= 11 is 0. The molecule has 0 radical (unpaired) electrons. The van der Waals surface area contributed by atoms with Gasteiger partial charge in [-0.1, -0.05) is 6.92 Å². The highest BCUT2D eigenvalue weighted by molar-refractivity contribution is 5.84. The molecule has 0 saturated carbocycles. The van der Waals surface area contributed by atoms with Gasteiger partial charge in [-0.2, -0.15) is 0 Å². The van der Waals surface area contributed by atoms with Crippen molar-refractivity contribution < 1.29 is 4.74 Å². The van der Waals surface area contributed by atoms with E-state index in [9.17, 15) is 0 Å². The molecule has 2 saturated heterocycles. The van der Waals surface area contributed by atoms with Crippen LogP contribution >= 0.6 is 0 Å². The molecule has 3 heterocycles. The summed E-state index contributed by atoms with van der Waals surface area (Å²) < 4.78 is 5.16. The van der Waals surface area contributed by atoms with Gasteiger partial charge in [0.25, 0.3) is 0 Å². The topological polar surface area (TPSA) is 28.1 Å². The monoisotopic (exact) mass is 239 g/mol. The molecule has 4 nitrogen and oxygen atoms in total. The number of amidine groups is 1. The number of likely N-dealkylation sites (N-methyl/N-ethyl adjacent to an activating group) is 1. The molecule has 4 heteroatoms. The average molecular weight is 239 g/mol. The van der Waals surface area contributed by atoms with Crippen LogP contribution in [0, 0.1) is 0 Å². The van der Waals surface area contributed by atoms with Crippen LogP contribution in [0.1, 0.15) is 26.2 Å². The van der Waals surface area contributed by atoms with Crippen LogP contribution < -0.4 is 0 Å². The standard InChI is InChI=1S/C7H12N2.C6H13NO/c1-3-7-8-4-2-6-9(7)5-1;1-2-7-3-5-8-6-4-7/h1-6H2;2-6H2,1H3. The van der Waals surface area contributed by atoms with Gasteiger partial charge >= 0.3 is 0 Å². The Kier molecular flexibility index (Phi) is 5.26. The van der Waals surface area contributed by atoms with Crippen molar-refractivity contribution in [3.05, 3.63) is 0 Å². The Bertz CT molecular complexity index is 249. The van der Waals surface area contributed by atoms with Gasteiger partial charge in [-0.15, -0.1) is 0 Å². The summed E-state index contributed by atoms with van der Waals surface area (Å²) in [5.41, 5.74) is 0. The number of aliphatic imine (C=N–C) groups is 1. The highest BCUT2D eigenvalue weighted by Gasteiger charge is 2.19. The predicted molar refractivity (Wildman–Crippen MR) is 70.7 cm³/mol. The Hall–Kier alpha value is -0.610. The Morgan fingerprint density at radius 1 is 1.12 bits per heavy atom. The number of hydrogen-bond acceptors (Lipinski definition) is 4. The fourth-order valence-electron chi connectivity index (χ4n) is 2.52. The summed E-state index contributed by atoms with van der Waals surface area (Å²) in [5, 5.41) is 0. The van der Waals surface area contributed by atoms with E-state index in [1.165, 1.54) is 44.7 Å². The number of hydrogen-bond donors (Lipinski definition) is 0. The lowest BCUT2D eigenvalue weighted by atomic mass is 10.3. The minimum absolute atomic E-state index is 0.924. The normalized spacial score (nSPS) is 24.8. The van der Waals surface area contributed by atoms with Gasteiger partial charge in [0.1, 0.15) is 0 Å². The first-order valence-electron chi connectivity index (χ1n) is 6.98. The number of nitrogens with zero attached hydrogens (tertiary/aromatic N) is 3. The first-order chi connectivity index (χ1) is 8.40. The van der Waals surface area contributed by atoms with Crippen molar-refractivity contribution in [3.8, 4) is 0 Å². The van der Waals surface area contributed by atoms with Gasteiger partial charge in [-0.3, -0.25) is 9.89 Å². The molecule has 3 rings (SSSR count). The maximum Gasteiger partial charge on any atom is 0.0989 e. The maximum atomic E-state index is 5.16. The Labute approximate surface area is 105 Å². The zero-order valence-corrected chi connectivity index (χ0v) is 11.0. The Morgan fingerprint density at radius 3 is 2.53 bits per heavy atom. The van der Waals surface area contributed by atoms with E-state index in [1.54, 1.807) is 0 Å². The van der Waals surface area contributed by atoms with Gasteiger partial charge in [0, 0.05) is 39.1 Å². The molecule has 2 fully saturated rings. The van der Waals surface area contributed by atoms with Crippen molar-refractivity contribution in [1.29, 1.82) is 0 Å². The largest absolute Gasteiger partial charge is 0.379 e. The quantitative estimate of drug-likeness (QED) is 0.689. The molecule has 0 aromatic carbocycles. The minimum Gasteiger partial charge on any atom is -0.379 e. The van der Waals surface area contributed by atoms with Crippen molar-refractivity contribution in [2.45, 2.75) is 26.2 Å². The zero-order valence-electron chi connectivity index (χ0n) is 11.0. The van der Waals surface area contributed by atoms with Gasteiger partial charge in [-0.05, 0) is 19.4 Å². The fourth-order valence-corrected chi connectivity index (χ4v) is 2.52. The van der Waals surface area contributed by atoms with E-state index < -0.39 is 0 Å². The van der Waals surface area contributed by atoms with Crippen molar-refractivity contribution in [1.82, 2.24) is 9.80 Å². The second-order valence-corrected chi connectivity index (χ2v) is 4.79.